The van der Waals surface area contributed by atoms with Gasteiger partial charge in [0.05, 0.1) is 0 Å². The third kappa shape index (κ3) is 3.89. The Hall–Kier alpha value is -1.35. The van der Waals surface area contributed by atoms with Crippen LogP contribution < -0.4 is 5.73 Å². The van der Waals surface area contributed by atoms with Gasteiger partial charge in [-0.25, -0.2) is 0 Å². The quantitative estimate of drug-likeness (QED) is 0.867. The van der Waals surface area contributed by atoms with E-state index in [1.54, 1.807) is 0 Å². The van der Waals surface area contributed by atoms with Gasteiger partial charge in [0.15, 0.2) is 0 Å². The Morgan fingerprint density at radius 1 is 1.09 bits per heavy atom. The van der Waals surface area contributed by atoms with E-state index in [1.165, 1.54) is 32.1 Å². The van der Waals surface area contributed by atoms with Crippen molar-refractivity contribution in [2.75, 3.05) is 0 Å². The maximum atomic E-state index is 12.2. The van der Waals surface area contributed by atoms with Gasteiger partial charge in [0, 0.05) is 0 Å². The molecule has 4 unspecified atom stereocenters. The molecule has 120 valence electrons. The summed E-state index contributed by atoms with van der Waals surface area (Å²) < 4.78 is 5.71. The monoisotopic (exact) mass is 301 g/mol. The Bertz CT molecular complexity index is 487. The summed E-state index contributed by atoms with van der Waals surface area (Å²) in [4.78, 5) is 12.2. The lowest BCUT2D eigenvalue weighted by molar-refractivity contribution is -0.154. The van der Waals surface area contributed by atoms with Crippen molar-refractivity contribution in [1.29, 1.82) is 0 Å². The Labute approximate surface area is 133 Å². The van der Waals surface area contributed by atoms with Crippen LogP contribution in [-0.2, 0) is 16.0 Å². The molecule has 0 aromatic heterocycles. The lowest BCUT2D eigenvalue weighted by atomic mass is 9.70. The molecular formula is C19H27NO2. The van der Waals surface area contributed by atoms with Gasteiger partial charge in [0.2, 0.25) is 0 Å². The van der Waals surface area contributed by atoms with Gasteiger partial charge in [-0.3, -0.25) is 4.79 Å². The molecular weight excluding hydrogens is 274 g/mol. The second-order valence-electron chi connectivity index (χ2n) is 6.97. The van der Waals surface area contributed by atoms with Gasteiger partial charge in [-0.1, -0.05) is 56.0 Å². The highest BCUT2D eigenvalue weighted by molar-refractivity contribution is 5.76. The summed E-state index contributed by atoms with van der Waals surface area (Å²) in [5, 5.41) is 0. The topological polar surface area (TPSA) is 52.3 Å². The number of esters is 1. The van der Waals surface area contributed by atoms with Crippen LogP contribution in [0.15, 0.2) is 30.3 Å². The maximum Gasteiger partial charge on any atom is 0.323 e. The molecule has 3 heteroatoms. The van der Waals surface area contributed by atoms with Crippen molar-refractivity contribution in [3.8, 4) is 0 Å². The van der Waals surface area contributed by atoms with Crippen LogP contribution in [0, 0.1) is 11.8 Å². The number of nitrogens with two attached hydrogens (primary N) is 1. The lowest BCUT2D eigenvalue weighted by Crippen LogP contribution is -2.39. The molecule has 0 bridgehead atoms. The number of benzene rings is 1. The predicted octanol–water partition coefficient (Wildman–Crippen LogP) is 3.46. The molecule has 0 aliphatic heterocycles. The molecule has 0 amide bonds. The third-order valence-corrected chi connectivity index (χ3v) is 5.38. The number of carbonyl (C=O) groups is 1. The molecule has 1 aromatic rings. The molecule has 4 atom stereocenters. The first-order valence-electron chi connectivity index (χ1n) is 8.72. The summed E-state index contributed by atoms with van der Waals surface area (Å²) in [6, 6.07) is 9.36. The van der Waals surface area contributed by atoms with Gasteiger partial charge in [0.25, 0.3) is 0 Å². The SMILES string of the molecule is NC(Cc1ccccc1)C(=O)OC1CCC2CCCCC2C1. The molecule has 2 aliphatic rings. The second kappa shape index (κ2) is 7.28. The summed E-state index contributed by atoms with van der Waals surface area (Å²) in [5.41, 5.74) is 7.11. The van der Waals surface area contributed by atoms with Crippen molar-refractivity contribution in [3.63, 3.8) is 0 Å². The zero-order chi connectivity index (χ0) is 15.4. The molecule has 2 aliphatic carbocycles. The van der Waals surface area contributed by atoms with Crippen LogP contribution in [0.25, 0.3) is 0 Å². The van der Waals surface area contributed by atoms with E-state index in [4.69, 9.17) is 10.5 Å². The van der Waals surface area contributed by atoms with Crippen molar-refractivity contribution in [1.82, 2.24) is 0 Å². The summed E-state index contributed by atoms with van der Waals surface area (Å²) in [5.74, 6) is 1.41. The summed E-state index contributed by atoms with van der Waals surface area (Å²) in [6.07, 6.45) is 9.35. The van der Waals surface area contributed by atoms with Crippen LogP contribution in [0.5, 0.6) is 0 Å². The first-order valence-corrected chi connectivity index (χ1v) is 8.72. The van der Waals surface area contributed by atoms with Crippen LogP contribution in [0.1, 0.15) is 50.5 Å². The normalized spacial score (nSPS) is 29.4. The molecule has 0 saturated heterocycles. The zero-order valence-electron chi connectivity index (χ0n) is 13.2. The summed E-state index contributed by atoms with van der Waals surface area (Å²) in [6.45, 7) is 0. The highest BCUT2D eigenvalue weighted by Crippen LogP contribution is 2.41. The van der Waals surface area contributed by atoms with Gasteiger partial charge < -0.3 is 10.5 Å². The van der Waals surface area contributed by atoms with E-state index in [1.807, 2.05) is 30.3 Å². The van der Waals surface area contributed by atoms with E-state index in [9.17, 15) is 4.79 Å². The molecule has 0 spiro atoms. The Morgan fingerprint density at radius 2 is 1.82 bits per heavy atom. The molecule has 3 rings (SSSR count). The minimum absolute atomic E-state index is 0.0914. The first kappa shape index (κ1) is 15.5. The summed E-state index contributed by atoms with van der Waals surface area (Å²) >= 11 is 0. The van der Waals surface area contributed by atoms with Gasteiger partial charge in [-0.2, -0.15) is 0 Å². The molecule has 0 radical (unpaired) electrons. The van der Waals surface area contributed by atoms with E-state index >= 15 is 0 Å². The van der Waals surface area contributed by atoms with Crippen LogP contribution in [-0.4, -0.2) is 18.1 Å². The summed E-state index contributed by atoms with van der Waals surface area (Å²) in [7, 11) is 0. The van der Waals surface area contributed by atoms with Crippen LogP contribution in [0.2, 0.25) is 0 Å². The molecule has 2 N–H and O–H groups in total. The smallest absolute Gasteiger partial charge is 0.323 e. The van der Waals surface area contributed by atoms with E-state index in [0.717, 1.165) is 30.2 Å². The maximum absolute atomic E-state index is 12.2. The molecule has 2 fully saturated rings. The Morgan fingerprint density at radius 3 is 2.59 bits per heavy atom. The van der Waals surface area contributed by atoms with Crippen molar-refractivity contribution in [2.45, 2.75) is 63.5 Å². The van der Waals surface area contributed by atoms with Crippen LogP contribution in [0.4, 0.5) is 0 Å². The standard InChI is InChI=1S/C19H27NO2/c20-18(12-14-6-2-1-3-7-14)19(21)22-17-11-10-15-8-4-5-9-16(15)13-17/h1-3,6-7,15-18H,4-5,8-13,20H2. The van der Waals surface area contributed by atoms with Crippen LogP contribution >= 0.6 is 0 Å². The van der Waals surface area contributed by atoms with Crippen molar-refractivity contribution in [3.05, 3.63) is 35.9 Å². The number of rotatable bonds is 4. The highest BCUT2D eigenvalue weighted by Gasteiger charge is 2.34. The van der Waals surface area contributed by atoms with E-state index < -0.39 is 6.04 Å². The van der Waals surface area contributed by atoms with E-state index in [2.05, 4.69) is 0 Å². The number of fused-ring (bicyclic) bond motifs is 1. The minimum atomic E-state index is -0.550. The largest absolute Gasteiger partial charge is 0.461 e. The zero-order valence-corrected chi connectivity index (χ0v) is 13.2. The van der Waals surface area contributed by atoms with Gasteiger partial charge in [-0.15, -0.1) is 0 Å². The van der Waals surface area contributed by atoms with Crippen LogP contribution in [0.3, 0.4) is 0 Å². The molecule has 2 saturated carbocycles. The average Bonchev–Trinajstić information content (AvgIpc) is 2.55. The number of ether oxygens (including phenoxy) is 1. The van der Waals surface area contributed by atoms with Gasteiger partial charge >= 0.3 is 5.97 Å². The minimum Gasteiger partial charge on any atom is -0.461 e. The van der Waals surface area contributed by atoms with Gasteiger partial charge in [0.1, 0.15) is 12.1 Å². The van der Waals surface area contributed by atoms with E-state index in [-0.39, 0.29) is 12.1 Å². The van der Waals surface area contributed by atoms with E-state index in [0.29, 0.717) is 6.42 Å². The third-order valence-electron chi connectivity index (χ3n) is 5.38. The van der Waals surface area contributed by atoms with Crippen molar-refractivity contribution in [2.24, 2.45) is 17.6 Å². The first-order chi connectivity index (χ1) is 10.7. The second-order valence-corrected chi connectivity index (χ2v) is 6.97. The lowest BCUT2D eigenvalue weighted by Gasteiger charge is -2.39. The predicted molar refractivity (Wildman–Crippen MR) is 87.3 cm³/mol. The molecule has 0 heterocycles. The fourth-order valence-corrected chi connectivity index (χ4v) is 4.14. The number of hydrogen-bond donors (Lipinski definition) is 1. The fraction of sp³-hybridized carbons (Fsp3) is 0.632. The Kier molecular flexibility index (Phi) is 5.14. The molecule has 22 heavy (non-hydrogen) atoms. The average molecular weight is 301 g/mol. The number of hydrogen-bond acceptors (Lipinski definition) is 3. The molecule has 3 nitrogen and oxygen atoms in total. The van der Waals surface area contributed by atoms with Gasteiger partial charge in [-0.05, 0) is 43.1 Å². The fourth-order valence-electron chi connectivity index (χ4n) is 4.14. The Balaban J connectivity index is 1.49. The highest BCUT2D eigenvalue weighted by atomic mass is 16.5. The van der Waals surface area contributed by atoms with Crippen molar-refractivity contribution >= 4 is 5.97 Å². The molecule has 1 aromatic carbocycles. The van der Waals surface area contributed by atoms with Crippen molar-refractivity contribution < 1.29 is 9.53 Å². The number of carbonyl (C=O) groups excluding carboxylic acids is 1.